The van der Waals surface area contributed by atoms with Crippen LogP contribution in [0.5, 0.6) is 0 Å². The van der Waals surface area contributed by atoms with Crippen LogP contribution in [0.15, 0.2) is 24.3 Å². The summed E-state index contributed by atoms with van der Waals surface area (Å²) in [5.74, 6) is 1.15. The number of thioether (sulfide) groups is 1. The van der Waals surface area contributed by atoms with Crippen molar-refractivity contribution in [1.82, 2.24) is 4.90 Å². The van der Waals surface area contributed by atoms with Crippen LogP contribution in [0.3, 0.4) is 0 Å². The number of aliphatic hydroxyl groups is 1. The maximum absolute atomic E-state index is 12.6. The first-order valence-corrected chi connectivity index (χ1v) is 9.71. The number of anilines is 1. The molecule has 0 radical (unpaired) electrons. The summed E-state index contributed by atoms with van der Waals surface area (Å²) in [4.78, 5) is 16.7. The van der Waals surface area contributed by atoms with Gasteiger partial charge in [0, 0.05) is 37.4 Å². The molecule has 1 aromatic carbocycles. The zero-order valence-electron chi connectivity index (χ0n) is 14.4. The predicted octanol–water partition coefficient (Wildman–Crippen LogP) is 2.86. The number of hydrogen-bond donors (Lipinski definition) is 1. The van der Waals surface area contributed by atoms with Crippen molar-refractivity contribution in [3.05, 3.63) is 29.8 Å². The molecule has 5 heteroatoms. The molecule has 0 spiro atoms. The van der Waals surface area contributed by atoms with E-state index in [-0.39, 0.29) is 18.1 Å². The van der Waals surface area contributed by atoms with E-state index in [2.05, 4.69) is 18.1 Å². The third kappa shape index (κ3) is 4.88. The molecule has 1 unspecified atom stereocenters. The molecular weight excluding hydrogens is 308 g/mol. The van der Waals surface area contributed by atoms with Crippen LogP contribution in [0, 0.1) is 0 Å². The Morgan fingerprint density at radius 1 is 1.35 bits per heavy atom. The highest BCUT2D eigenvalue weighted by Gasteiger charge is 2.19. The van der Waals surface area contributed by atoms with Crippen molar-refractivity contribution < 1.29 is 9.90 Å². The van der Waals surface area contributed by atoms with Crippen molar-refractivity contribution in [3.63, 3.8) is 0 Å². The molecule has 1 aliphatic rings. The highest BCUT2D eigenvalue weighted by Crippen LogP contribution is 2.21. The topological polar surface area (TPSA) is 43.8 Å². The van der Waals surface area contributed by atoms with Crippen molar-refractivity contribution in [2.45, 2.75) is 38.3 Å². The summed E-state index contributed by atoms with van der Waals surface area (Å²) in [6.07, 6.45) is 4.57. The number of rotatable bonds is 6. The van der Waals surface area contributed by atoms with Gasteiger partial charge in [-0.2, -0.15) is 11.8 Å². The third-order valence-corrected chi connectivity index (χ3v) is 5.31. The van der Waals surface area contributed by atoms with Gasteiger partial charge in [-0.05, 0) is 62.5 Å². The lowest BCUT2D eigenvalue weighted by atomic mass is 10.1. The van der Waals surface area contributed by atoms with Crippen molar-refractivity contribution in [2.24, 2.45) is 0 Å². The first-order valence-electron chi connectivity index (χ1n) is 8.32. The van der Waals surface area contributed by atoms with E-state index in [1.807, 2.05) is 48.0 Å². The maximum atomic E-state index is 12.6. The summed E-state index contributed by atoms with van der Waals surface area (Å²) in [5.41, 5.74) is 1.87. The Bertz CT molecular complexity index is 498. The number of nitrogens with zero attached hydrogens (tertiary/aromatic N) is 2. The lowest BCUT2D eigenvalue weighted by Gasteiger charge is -2.31. The molecule has 1 aliphatic heterocycles. The summed E-state index contributed by atoms with van der Waals surface area (Å²) < 4.78 is 0. The lowest BCUT2D eigenvalue weighted by Crippen LogP contribution is -2.36. The second-order valence-electron chi connectivity index (χ2n) is 6.31. The second-order valence-corrected chi connectivity index (χ2v) is 7.30. The van der Waals surface area contributed by atoms with Crippen LogP contribution in [0.4, 0.5) is 5.69 Å². The molecule has 1 heterocycles. The standard InChI is InChI=1S/C18H28N2O2S/c1-14(10-13-23-3)19(2)18(22)15-4-6-16(7-5-15)20-11-8-17(21)9-12-20/h4-7,14,17,21H,8-13H2,1-3H3. The summed E-state index contributed by atoms with van der Waals surface area (Å²) in [5, 5.41) is 9.59. The fourth-order valence-electron chi connectivity index (χ4n) is 2.82. The van der Waals surface area contributed by atoms with Gasteiger partial charge in [-0.25, -0.2) is 0 Å². The molecule has 1 aromatic rings. The molecule has 2 rings (SSSR count). The SMILES string of the molecule is CSCCC(C)N(C)C(=O)c1ccc(N2CCC(O)CC2)cc1. The van der Waals surface area contributed by atoms with Crippen LogP contribution in [-0.2, 0) is 0 Å². The van der Waals surface area contributed by atoms with E-state index >= 15 is 0 Å². The highest BCUT2D eigenvalue weighted by molar-refractivity contribution is 7.98. The average Bonchev–Trinajstić information content (AvgIpc) is 2.59. The van der Waals surface area contributed by atoms with E-state index in [1.54, 1.807) is 0 Å². The summed E-state index contributed by atoms with van der Waals surface area (Å²) in [6, 6.07) is 8.12. The van der Waals surface area contributed by atoms with E-state index in [0.29, 0.717) is 0 Å². The first kappa shape index (κ1) is 18.1. The van der Waals surface area contributed by atoms with E-state index in [9.17, 15) is 9.90 Å². The summed E-state index contributed by atoms with van der Waals surface area (Å²) >= 11 is 1.81. The number of benzene rings is 1. The summed E-state index contributed by atoms with van der Waals surface area (Å²) in [6.45, 7) is 3.85. The molecular formula is C18H28N2O2S. The molecule has 0 aliphatic carbocycles. The van der Waals surface area contributed by atoms with Gasteiger partial charge in [-0.1, -0.05) is 0 Å². The van der Waals surface area contributed by atoms with Gasteiger partial charge in [-0.15, -0.1) is 0 Å². The first-order chi connectivity index (χ1) is 11.0. The smallest absolute Gasteiger partial charge is 0.253 e. The zero-order valence-corrected chi connectivity index (χ0v) is 15.2. The molecule has 128 valence electrons. The molecule has 0 saturated carbocycles. The number of hydrogen-bond acceptors (Lipinski definition) is 4. The third-order valence-electron chi connectivity index (χ3n) is 4.67. The van der Waals surface area contributed by atoms with Crippen molar-refractivity contribution in [2.75, 3.05) is 37.0 Å². The lowest BCUT2D eigenvalue weighted by molar-refractivity contribution is 0.0741. The summed E-state index contributed by atoms with van der Waals surface area (Å²) in [7, 11) is 1.88. The average molecular weight is 337 g/mol. The van der Waals surface area contributed by atoms with Gasteiger partial charge in [0.25, 0.3) is 5.91 Å². The maximum Gasteiger partial charge on any atom is 0.253 e. The van der Waals surface area contributed by atoms with Crippen LogP contribution in [0.25, 0.3) is 0 Å². The van der Waals surface area contributed by atoms with Crippen LogP contribution < -0.4 is 4.90 Å². The number of carbonyl (C=O) groups excluding carboxylic acids is 1. The van der Waals surface area contributed by atoms with E-state index in [0.717, 1.165) is 49.4 Å². The van der Waals surface area contributed by atoms with E-state index < -0.39 is 0 Å². The van der Waals surface area contributed by atoms with Gasteiger partial charge in [0.05, 0.1) is 6.10 Å². The largest absolute Gasteiger partial charge is 0.393 e. The number of piperidine rings is 1. The normalized spacial score (nSPS) is 17.1. The Hall–Kier alpha value is -1.20. The molecule has 0 bridgehead atoms. The molecule has 0 aromatic heterocycles. The monoisotopic (exact) mass is 336 g/mol. The quantitative estimate of drug-likeness (QED) is 0.867. The predicted molar refractivity (Wildman–Crippen MR) is 98.5 cm³/mol. The fourth-order valence-corrected chi connectivity index (χ4v) is 3.40. The second kappa shape index (κ2) is 8.60. The van der Waals surface area contributed by atoms with E-state index in [1.165, 1.54) is 0 Å². The number of carbonyl (C=O) groups is 1. The Balaban J connectivity index is 1.97. The molecule has 1 atom stereocenters. The number of amides is 1. The Morgan fingerprint density at radius 3 is 2.52 bits per heavy atom. The minimum atomic E-state index is -0.163. The van der Waals surface area contributed by atoms with Gasteiger partial charge < -0.3 is 14.9 Å². The van der Waals surface area contributed by atoms with Crippen molar-refractivity contribution in [1.29, 1.82) is 0 Å². The Morgan fingerprint density at radius 2 is 1.96 bits per heavy atom. The van der Waals surface area contributed by atoms with Crippen molar-refractivity contribution in [3.8, 4) is 0 Å². The minimum Gasteiger partial charge on any atom is -0.393 e. The fraction of sp³-hybridized carbons (Fsp3) is 0.611. The molecule has 1 N–H and O–H groups in total. The minimum absolute atomic E-state index is 0.0826. The van der Waals surface area contributed by atoms with Gasteiger partial charge in [-0.3, -0.25) is 4.79 Å². The van der Waals surface area contributed by atoms with Crippen LogP contribution in [0.1, 0.15) is 36.5 Å². The molecule has 23 heavy (non-hydrogen) atoms. The Labute approximate surface area is 143 Å². The number of aliphatic hydroxyl groups excluding tert-OH is 1. The van der Waals surface area contributed by atoms with Crippen LogP contribution >= 0.6 is 11.8 Å². The Kier molecular flexibility index (Phi) is 6.78. The van der Waals surface area contributed by atoms with E-state index in [4.69, 9.17) is 0 Å². The highest BCUT2D eigenvalue weighted by atomic mass is 32.2. The molecule has 4 nitrogen and oxygen atoms in total. The van der Waals surface area contributed by atoms with Crippen LogP contribution in [-0.4, -0.2) is 60.2 Å². The van der Waals surface area contributed by atoms with Gasteiger partial charge >= 0.3 is 0 Å². The van der Waals surface area contributed by atoms with Gasteiger partial charge in [0.15, 0.2) is 0 Å². The zero-order chi connectivity index (χ0) is 16.8. The van der Waals surface area contributed by atoms with Gasteiger partial charge in [0.1, 0.15) is 0 Å². The molecule has 1 saturated heterocycles. The molecule has 1 fully saturated rings. The van der Waals surface area contributed by atoms with Gasteiger partial charge in [0.2, 0.25) is 0 Å². The molecule has 1 amide bonds. The van der Waals surface area contributed by atoms with Crippen LogP contribution in [0.2, 0.25) is 0 Å². The van der Waals surface area contributed by atoms with Crippen molar-refractivity contribution >= 4 is 23.4 Å².